The molecule has 1 aliphatic rings. The van der Waals surface area contributed by atoms with Crippen LogP contribution in [0.1, 0.15) is 27.0 Å². The molecule has 1 atom stereocenters. The van der Waals surface area contributed by atoms with Crippen LogP contribution in [0.4, 0.5) is 0 Å². The third-order valence-corrected chi connectivity index (χ3v) is 6.02. The van der Waals surface area contributed by atoms with Gasteiger partial charge in [-0.3, -0.25) is 14.4 Å². The average molecular weight is 401 g/mol. The average Bonchev–Trinajstić information content (AvgIpc) is 3.30. The molecule has 0 unspecified atom stereocenters. The first kappa shape index (κ1) is 19.0. The fraction of sp³-hybridized carbons (Fsp3) is 0.421. The fourth-order valence-corrected chi connectivity index (χ4v) is 4.61. The SMILES string of the molecule is Cn1nccc1CN1CCO[C@H](c2c(C(=O)NCCO)sc3ncccc23)C1. The van der Waals surface area contributed by atoms with Crippen LogP contribution in [0.25, 0.3) is 10.2 Å². The van der Waals surface area contributed by atoms with Gasteiger partial charge in [0, 0.05) is 56.6 Å². The first-order valence-corrected chi connectivity index (χ1v) is 10.1. The normalized spacial score (nSPS) is 17.9. The summed E-state index contributed by atoms with van der Waals surface area (Å²) >= 11 is 1.37. The zero-order chi connectivity index (χ0) is 19.5. The molecular formula is C19H23N5O3S. The maximum absolute atomic E-state index is 12.7. The molecule has 4 heterocycles. The maximum atomic E-state index is 12.7. The molecular weight excluding hydrogens is 378 g/mol. The number of aliphatic hydroxyl groups is 1. The molecule has 0 bridgehead atoms. The standard InChI is InChI=1S/C19H23N5O3S/c1-23-13(4-6-22-23)11-24-8-10-27-15(12-24)16-14-3-2-5-21-19(14)28-17(16)18(26)20-7-9-25/h2-6,15,25H,7-12H2,1H3,(H,20,26)/t15-/m0/s1. The number of rotatable bonds is 6. The molecule has 1 amide bonds. The Morgan fingerprint density at radius 2 is 2.32 bits per heavy atom. The largest absolute Gasteiger partial charge is 0.395 e. The molecule has 28 heavy (non-hydrogen) atoms. The van der Waals surface area contributed by atoms with E-state index in [0.717, 1.165) is 34.6 Å². The maximum Gasteiger partial charge on any atom is 0.261 e. The van der Waals surface area contributed by atoms with Crippen molar-refractivity contribution in [2.45, 2.75) is 12.6 Å². The van der Waals surface area contributed by atoms with E-state index in [1.54, 1.807) is 12.4 Å². The van der Waals surface area contributed by atoms with Crippen LogP contribution in [0, 0.1) is 0 Å². The molecule has 3 aromatic rings. The molecule has 1 saturated heterocycles. The summed E-state index contributed by atoms with van der Waals surface area (Å²) in [7, 11) is 1.94. The van der Waals surface area contributed by atoms with E-state index in [-0.39, 0.29) is 25.2 Å². The van der Waals surface area contributed by atoms with Gasteiger partial charge in [0.1, 0.15) is 9.71 Å². The highest BCUT2D eigenvalue weighted by Gasteiger charge is 2.30. The third kappa shape index (κ3) is 3.79. The number of morpholine rings is 1. The van der Waals surface area contributed by atoms with Gasteiger partial charge in [0.25, 0.3) is 5.91 Å². The number of nitrogens with zero attached hydrogens (tertiary/aromatic N) is 4. The molecule has 9 heteroatoms. The van der Waals surface area contributed by atoms with Crippen LogP contribution < -0.4 is 5.32 Å². The Hall–Kier alpha value is -2.33. The number of nitrogens with one attached hydrogen (secondary N) is 1. The monoisotopic (exact) mass is 401 g/mol. The number of aliphatic hydroxyl groups excluding tert-OH is 1. The topological polar surface area (TPSA) is 92.5 Å². The fourth-order valence-electron chi connectivity index (χ4n) is 3.50. The van der Waals surface area contributed by atoms with E-state index in [9.17, 15) is 4.79 Å². The van der Waals surface area contributed by atoms with Crippen LogP contribution in [0.5, 0.6) is 0 Å². The van der Waals surface area contributed by atoms with Gasteiger partial charge in [-0.15, -0.1) is 11.3 Å². The summed E-state index contributed by atoms with van der Waals surface area (Å²) < 4.78 is 7.97. The Morgan fingerprint density at radius 3 is 3.11 bits per heavy atom. The molecule has 0 spiro atoms. The summed E-state index contributed by atoms with van der Waals surface area (Å²) in [6, 6.07) is 5.88. The smallest absolute Gasteiger partial charge is 0.261 e. The number of carbonyl (C=O) groups excluding carboxylic acids is 1. The minimum absolute atomic E-state index is 0.0946. The van der Waals surface area contributed by atoms with Gasteiger partial charge in [-0.05, 0) is 12.1 Å². The summed E-state index contributed by atoms with van der Waals surface area (Å²) in [5.74, 6) is -0.195. The Labute approximate surface area is 166 Å². The van der Waals surface area contributed by atoms with Crippen LogP contribution in [-0.4, -0.2) is 63.5 Å². The molecule has 0 saturated carbocycles. The minimum atomic E-state index is -0.213. The van der Waals surface area contributed by atoms with Gasteiger partial charge in [-0.25, -0.2) is 4.98 Å². The Morgan fingerprint density at radius 1 is 1.43 bits per heavy atom. The number of carbonyl (C=O) groups is 1. The number of amides is 1. The van der Waals surface area contributed by atoms with Gasteiger partial charge in [0.05, 0.1) is 25.0 Å². The first-order valence-electron chi connectivity index (χ1n) is 9.24. The molecule has 4 rings (SSSR count). The minimum Gasteiger partial charge on any atom is -0.395 e. The summed E-state index contributed by atoms with van der Waals surface area (Å²) in [6.07, 6.45) is 3.32. The van der Waals surface area contributed by atoms with Gasteiger partial charge in [0.2, 0.25) is 0 Å². The highest BCUT2D eigenvalue weighted by Crippen LogP contribution is 2.37. The summed E-state index contributed by atoms with van der Waals surface area (Å²) in [5.41, 5.74) is 2.02. The summed E-state index contributed by atoms with van der Waals surface area (Å²) in [5, 5.41) is 17.0. The van der Waals surface area contributed by atoms with Gasteiger partial charge >= 0.3 is 0 Å². The lowest BCUT2D eigenvalue weighted by atomic mass is 10.0. The molecule has 0 aliphatic carbocycles. The van der Waals surface area contributed by atoms with Crippen LogP contribution in [0.3, 0.4) is 0 Å². The highest BCUT2D eigenvalue weighted by molar-refractivity contribution is 7.20. The van der Waals surface area contributed by atoms with E-state index in [2.05, 4.69) is 20.3 Å². The predicted octanol–water partition coefficient (Wildman–Crippen LogP) is 1.33. The van der Waals surface area contributed by atoms with Crippen LogP contribution in [0.15, 0.2) is 30.6 Å². The van der Waals surface area contributed by atoms with Crippen molar-refractivity contribution in [3.8, 4) is 0 Å². The van der Waals surface area contributed by atoms with Crippen molar-refractivity contribution in [3.05, 3.63) is 46.7 Å². The van der Waals surface area contributed by atoms with E-state index in [1.807, 2.05) is 29.9 Å². The lowest BCUT2D eigenvalue weighted by Crippen LogP contribution is -2.39. The summed E-state index contributed by atoms with van der Waals surface area (Å²) in [4.78, 5) is 20.9. The van der Waals surface area contributed by atoms with Crippen molar-refractivity contribution in [2.75, 3.05) is 32.8 Å². The van der Waals surface area contributed by atoms with E-state index in [0.29, 0.717) is 18.0 Å². The van der Waals surface area contributed by atoms with Crippen LogP contribution in [0.2, 0.25) is 0 Å². The van der Waals surface area contributed by atoms with Gasteiger partial charge < -0.3 is 15.2 Å². The Balaban J connectivity index is 1.63. The zero-order valence-corrected chi connectivity index (χ0v) is 16.5. The molecule has 1 fully saturated rings. The molecule has 148 valence electrons. The van der Waals surface area contributed by atoms with Gasteiger partial charge in [-0.2, -0.15) is 5.10 Å². The lowest BCUT2D eigenvalue weighted by molar-refractivity contribution is -0.0329. The molecule has 0 radical (unpaired) electrons. The van der Waals surface area contributed by atoms with Crippen molar-refractivity contribution in [1.82, 2.24) is 25.0 Å². The zero-order valence-electron chi connectivity index (χ0n) is 15.7. The molecule has 1 aliphatic heterocycles. The van der Waals surface area contributed by atoms with E-state index in [4.69, 9.17) is 9.84 Å². The quantitative estimate of drug-likeness (QED) is 0.647. The molecule has 0 aromatic carbocycles. The van der Waals surface area contributed by atoms with Crippen molar-refractivity contribution < 1.29 is 14.6 Å². The molecule has 3 aromatic heterocycles. The second kappa shape index (κ2) is 8.36. The second-order valence-electron chi connectivity index (χ2n) is 6.72. The molecule has 2 N–H and O–H groups in total. The number of hydrogen-bond donors (Lipinski definition) is 2. The predicted molar refractivity (Wildman–Crippen MR) is 106 cm³/mol. The number of thiophene rings is 1. The summed E-state index contributed by atoms with van der Waals surface area (Å²) in [6.45, 7) is 3.02. The third-order valence-electron chi connectivity index (χ3n) is 4.89. The Bertz CT molecular complexity index is 970. The highest BCUT2D eigenvalue weighted by atomic mass is 32.1. The lowest BCUT2D eigenvalue weighted by Gasteiger charge is -2.33. The number of pyridine rings is 1. The van der Waals surface area contributed by atoms with Crippen molar-refractivity contribution in [2.24, 2.45) is 7.05 Å². The molecule has 8 nitrogen and oxygen atoms in total. The number of hydrogen-bond acceptors (Lipinski definition) is 7. The van der Waals surface area contributed by atoms with Gasteiger partial charge in [0.15, 0.2) is 0 Å². The number of ether oxygens (including phenoxy) is 1. The van der Waals surface area contributed by atoms with E-state index >= 15 is 0 Å². The van der Waals surface area contributed by atoms with Crippen molar-refractivity contribution in [3.63, 3.8) is 0 Å². The number of fused-ring (bicyclic) bond motifs is 1. The van der Waals surface area contributed by atoms with Crippen molar-refractivity contribution >= 4 is 27.5 Å². The number of aromatic nitrogens is 3. The second-order valence-corrected chi connectivity index (χ2v) is 7.72. The van der Waals surface area contributed by atoms with E-state index < -0.39 is 0 Å². The number of aryl methyl sites for hydroxylation is 1. The Kier molecular flexibility index (Phi) is 5.67. The van der Waals surface area contributed by atoms with Crippen LogP contribution in [-0.2, 0) is 18.3 Å². The first-order chi connectivity index (χ1) is 13.7. The van der Waals surface area contributed by atoms with Crippen molar-refractivity contribution in [1.29, 1.82) is 0 Å². The van der Waals surface area contributed by atoms with Gasteiger partial charge in [-0.1, -0.05) is 6.07 Å². The van der Waals surface area contributed by atoms with Crippen LogP contribution >= 0.6 is 11.3 Å². The van der Waals surface area contributed by atoms with E-state index in [1.165, 1.54) is 11.3 Å².